The standard InChI is InChI=1S/C10H18O4/c1-2-10(7-14-8-10)4-3-5-13-6-9(11)12/h2-8H2,1H3,(H,11,12). The van der Waals surface area contributed by atoms with E-state index in [1.54, 1.807) is 0 Å². The zero-order valence-corrected chi connectivity index (χ0v) is 8.62. The number of carboxylic acids is 1. The van der Waals surface area contributed by atoms with Gasteiger partial charge in [-0.05, 0) is 19.3 Å². The average Bonchev–Trinajstić information content (AvgIpc) is 2.08. The second kappa shape index (κ2) is 5.32. The normalized spacial score (nSPS) is 18.9. The molecule has 1 rings (SSSR count). The van der Waals surface area contributed by atoms with Gasteiger partial charge in [0, 0.05) is 12.0 Å². The molecule has 0 unspecified atom stereocenters. The van der Waals surface area contributed by atoms with E-state index in [-0.39, 0.29) is 6.61 Å². The maximum Gasteiger partial charge on any atom is 0.329 e. The Labute approximate surface area is 84.2 Å². The molecule has 0 aliphatic carbocycles. The highest BCUT2D eigenvalue weighted by Gasteiger charge is 2.35. The minimum Gasteiger partial charge on any atom is -0.480 e. The van der Waals surface area contributed by atoms with Crippen molar-refractivity contribution in [1.82, 2.24) is 0 Å². The summed E-state index contributed by atoms with van der Waals surface area (Å²) in [6.45, 7) is 4.22. The topological polar surface area (TPSA) is 55.8 Å². The van der Waals surface area contributed by atoms with Crippen LogP contribution in [0.25, 0.3) is 0 Å². The Bertz CT molecular complexity index is 181. The molecule has 1 heterocycles. The van der Waals surface area contributed by atoms with Gasteiger partial charge in [0.1, 0.15) is 6.61 Å². The summed E-state index contributed by atoms with van der Waals surface area (Å²) in [4.78, 5) is 10.1. The third-order valence-corrected chi connectivity index (χ3v) is 2.79. The summed E-state index contributed by atoms with van der Waals surface area (Å²) in [5, 5.41) is 8.33. The Morgan fingerprint density at radius 3 is 2.71 bits per heavy atom. The lowest BCUT2D eigenvalue weighted by molar-refractivity contribution is -0.143. The zero-order chi connectivity index (χ0) is 10.4. The van der Waals surface area contributed by atoms with Gasteiger partial charge < -0.3 is 14.6 Å². The first-order valence-electron chi connectivity index (χ1n) is 5.06. The van der Waals surface area contributed by atoms with Gasteiger partial charge in [-0.25, -0.2) is 4.79 Å². The molecule has 1 aliphatic rings. The molecule has 1 aliphatic heterocycles. The van der Waals surface area contributed by atoms with E-state index in [4.69, 9.17) is 14.6 Å². The molecule has 0 amide bonds. The Balaban J connectivity index is 2.00. The quantitative estimate of drug-likeness (QED) is 0.632. The number of hydrogen-bond acceptors (Lipinski definition) is 3. The third-order valence-electron chi connectivity index (χ3n) is 2.79. The molecule has 0 saturated carbocycles. The molecule has 0 aromatic heterocycles. The summed E-state index contributed by atoms with van der Waals surface area (Å²) in [5.74, 6) is -0.901. The minimum absolute atomic E-state index is 0.185. The summed E-state index contributed by atoms with van der Waals surface area (Å²) in [7, 11) is 0. The van der Waals surface area contributed by atoms with Gasteiger partial charge >= 0.3 is 5.97 Å². The van der Waals surface area contributed by atoms with Crippen LogP contribution in [-0.2, 0) is 14.3 Å². The Morgan fingerprint density at radius 2 is 2.29 bits per heavy atom. The molecular weight excluding hydrogens is 184 g/mol. The van der Waals surface area contributed by atoms with Gasteiger partial charge in [-0.15, -0.1) is 0 Å². The van der Waals surface area contributed by atoms with Crippen molar-refractivity contribution in [2.75, 3.05) is 26.4 Å². The molecular formula is C10H18O4. The summed E-state index contributed by atoms with van der Waals surface area (Å²) in [6.07, 6.45) is 3.12. The second-order valence-corrected chi connectivity index (χ2v) is 3.90. The maximum atomic E-state index is 10.1. The average molecular weight is 202 g/mol. The monoisotopic (exact) mass is 202 g/mol. The van der Waals surface area contributed by atoms with Crippen LogP contribution in [0.4, 0.5) is 0 Å². The fraction of sp³-hybridized carbons (Fsp3) is 0.900. The Kier molecular flexibility index (Phi) is 4.35. The first kappa shape index (κ1) is 11.5. The predicted octanol–water partition coefficient (Wildman–Crippen LogP) is 1.29. The van der Waals surface area contributed by atoms with E-state index < -0.39 is 5.97 Å². The van der Waals surface area contributed by atoms with Crippen LogP contribution in [-0.4, -0.2) is 37.5 Å². The van der Waals surface area contributed by atoms with Gasteiger partial charge in [-0.2, -0.15) is 0 Å². The van der Waals surface area contributed by atoms with E-state index in [2.05, 4.69) is 6.92 Å². The van der Waals surface area contributed by atoms with Crippen molar-refractivity contribution >= 4 is 5.97 Å². The van der Waals surface area contributed by atoms with Crippen molar-refractivity contribution in [3.05, 3.63) is 0 Å². The number of carboxylic acid groups (broad SMARTS) is 1. The lowest BCUT2D eigenvalue weighted by Crippen LogP contribution is -2.42. The highest BCUT2D eigenvalue weighted by Crippen LogP contribution is 2.35. The number of carbonyl (C=O) groups is 1. The van der Waals surface area contributed by atoms with Crippen LogP contribution in [0.5, 0.6) is 0 Å². The van der Waals surface area contributed by atoms with E-state index >= 15 is 0 Å². The molecule has 0 atom stereocenters. The molecule has 82 valence electrons. The Morgan fingerprint density at radius 1 is 1.57 bits per heavy atom. The lowest BCUT2D eigenvalue weighted by Gasteiger charge is -2.41. The van der Waals surface area contributed by atoms with Crippen LogP contribution in [0.2, 0.25) is 0 Å². The second-order valence-electron chi connectivity index (χ2n) is 3.90. The molecule has 1 N–H and O–H groups in total. The molecule has 0 radical (unpaired) electrons. The molecule has 0 aromatic rings. The van der Waals surface area contributed by atoms with Crippen LogP contribution in [0, 0.1) is 5.41 Å². The molecule has 4 heteroatoms. The van der Waals surface area contributed by atoms with Gasteiger partial charge in [-0.1, -0.05) is 6.92 Å². The summed E-state index contributed by atoms with van der Waals surface area (Å²) >= 11 is 0. The SMILES string of the molecule is CCC1(CCCOCC(=O)O)COC1. The smallest absolute Gasteiger partial charge is 0.329 e. The van der Waals surface area contributed by atoms with Gasteiger partial charge in [0.05, 0.1) is 13.2 Å². The summed E-state index contributed by atoms with van der Waals surface area (Å²) in [5.41, 5.74) is 0.354. The first-order valence-corrected chi connectivity index (χ1v) is 5.06. The van der Waals surface area contributed by atoms with Gasteiger partial charge in [0.25, 0.3) is 0 Å². The van der Waals surface area contributed by atoms with E-state index in [0.29, 0.717) is 12.0 Å². The maximum absolute atomic E-state index is 10.1. The van der Waals surface area contributed by atoms with Crippen LogP contribution in [0.15, 0.2) is 0 Å². The molecule has 14 heavy (non-hydrogen) atoms. The van der Waals surface area contributed by atoms with Crippen molar-refractivity contribution in [3.63, 3.8) is 0 Å². The summed E-state index contributed by atoms with van der Waals surface area (Å²) in [6, 6.07) is 0. The van der Waals surface area contributed by atoms with Crippen molar-refractivity contribution < 1.29 is 19.4 Å². The van der Waals surface area contributed by atoms with Crippen LogP contribution in [0.3, 0.4) is 0 Å². The fourth-order valence-corrected chi connectivity index (χ4v) is 1.62. The zero-order valence-electron chi connectivity index (χ0n) is 8.62. The minimum atomic E-state index is -0.901. The number of rotatable bonds is 7. The summed E-state index contributed by atoms with van der Waals surface area (Å²) < 4.78 is 10.2. The van der Waals surface area contributed by atoms with E-state index in [9.17, 15) is 4.79 Å². The van der Waals surface area contributed by atoms with E-state index in [0.717, 1.165) is 32.5 Å². The van der Waals surface area contributed by atoms with Gasteiger partial charge in [0.15, 0.2) is 0 Å². The molecule has 1 saturated heterocycles. The molecule has 4 nitrogen and oxygen atoms in total. The molecule has 0 aromatic carbocycles. The third kappa shape index (κ3) is 3.27. The van der Waals surface area contributed by atoms with Crippen LogP contribution >= 0.6 is 0 Å². The largest absolute Gasteiger partial charge is 0.480 e. The van der Waals surface area contributed by atoms with Crippen molar-refractivity contribution in [1.29, 1.82) is 0 Å². The first-order chi connectivity index (χ1) is 6.68. The van der Waals surface area contributed by atoms with Crippen molar-refractivity contribution in [3.8, 4) is 0 Å². The fourth-order valence-electron chi connectivity index (χ4n) is 1.62. The highest BCUT2D eigenvalue weighted by atomic mass is 16.5. The highest BCUT2D eigenvalue weighted by molar-refractivity contribution is 5.67. The molecule has 1 fully saturated rings. The van der Waals surface area contributed by atoms with E-state index in [1.807, 2.05) is 0 Å². The number of aliphatic carboxylic acids is 1. The number of ether oxygens (including phenoxy) is 2. The van der Waals surface area contributed by atoms with Crippen LogP contribution in [0.1, 0.15) is 26.2 Å². The van der Waals surface area contributed by atoms with Crippen molar-refractivity contribution in [2.24, 2.45) is 5.41 Å². The number of hydrogen-bond donors (Lipinski definition) is 1. The lowest BCUT2D eigenvalue weighted by atomic mass is 9.79. The Hall–Kier alpha value is -0.610. The van der Waals surface area contributed by atoms with Crippen molar-refractivity contribution in [2.45, 2.75) is 26.2 Å². The molecule has 0 bridgehead atoms. The predicted molar refractivity (Wildman–Crippen MR) is 51.2 cm³/mol. The van der Waals surface area contributed by atoms with Crippen LogP contribution < -0.4 is 0 Å². The van der Waals surface area contributed by atoms with Gasteiger partial charge in [0.2, 0.25) is 0 Å². The van der Waals surface area contributed by atoms with E-state index in [1.165, 1.54) is 0 Å². The van der Waals surface area contributed by atoms with Gasteiger partial charge in [-0.3, -0.25) is 0 Å². The molecule has 0 spiro atoms.